The summed E-state index contributed by atoms with van der Waals surface area (Å²) in [6.45, 7) is 4.28. The molecule has 0 spiro atoms. The van der Waals surface area contributed by atoms with E-state index in [0.29, 0.717) is 30.3 Å². The predicted molar refractivity (Wildman–Crippen MR) is 96.8 cm³/mol. The Bertz CT molecular complexity index is 645. The normalized spacial score (nSPS) is 23.3. The molecule has 2 aliphatic heterocycles. The summed E-state index contributed by atoms with van der Waals surface area (Å²) in [6, 6.07) is 6.79. The molecular weight excluding hydrogens is 334 g/mol. The summed E-state index contributed by atoms with van der Waals surface area (Å²) < 4.78 is 5.28. The van der Waals surface area contributed by atoms with Gasteiger partial charge in [-0.2, -0.15) is 0 Å². The lowest BCUT2D eigenvalue weighted by molar-refractivity contribution is -0.119. The van der Waals surface area contributed by atoms with Crippen LogP contribution in [0, 0.1) is 11.8 Å². The van der Waals surface area contributed by atoms with Crippen molar-refractivity contribution >= 4 is 11.8 Å². The first-order valence-corrected chi connectivity index (χ1v) is 9.20. The number of carbonyl (C=O) groups is 2. The monoisotopic (exact) mass is 361 g/mol. The average Bonchev–Trinajstić information content (AvgIpc) is 3.29. The lowest BCUT2D eigenvalue weighted by Crippen LogP contribution is -2.32. The van der Waals surface area contributed by atoms with Gasteiger partial charge >= 0.3 is 0 Å². The summed E-state index contributed by atoms with van der Waals surface area (Å²) in [5.41, 5.74) is 5.60. The third-order valence-corrected chi connectivity index (χ3v) is 5.25. The van der Waals surface area contributed by atoms with Crippen LogP contribution in [0.2, 0.25) is 0 Å². The van der Waals surface area contributed by atoms with E-state index in [1.807, 2.05) is 4.90 Å². The average molecular weight is 361 g/mol. The predicted octanol–water partition coefficient (Wildman–Crippen LogP) is 0.327. The van der Waals surface area contributed by atoms with Crippen LogP contribution >= 0.6 is 0 Å². The Morgan fingerprint density at radius 1 is 1.19 bits per heavy atom. The van der Waals surface area contributed by atoms with Gasteiger partial charge in [0.25, 0.3) is 11.8 Å². The van der Waals surface area contributed by atoms with Crippen LogP contribution in [0.3, 0.4) is 0 Å². The first kappa shape index (κ1) is 18.7. The fourth-order valence-corrected chi connectivity index (χ4v) is 3.87. The zero-order valence-corrected chi connectivity index (χ0v) is 15.0. The van der Waals surface area contributed by atoms with Crippen LogP contribution < -0.4 is 10.5 Å². The first-order chi connectivity index (χ1) is 12.6. The number of nitrogens with two attached hydrogens (primary N) is 1. The van der Waals surface area contributed by atoms with Gasteiger partial charge in [0.05, 0.1) is 0 Å². The van der Waals surface area contributed by atoms with Crippen LogP contribution in [0.25, 0.3) is 0 Å². The zero-order chi connectivity index (χ0) is 18.5. The molecule has 0 aromatic heterocycles. The van der Waals surface area contributed by atoms with E-state index in [4.69, 9.17) is 10.5 Å². The summed E-state index contributed by atoms with van der Waals surface area (Å²) in [6.07, 6.45) is 2.47. The molecule has 0 bridgehead atoms. The number of benzene rings is 1. The minimum atomic E-state index is -0.559. The number of primary amides is 1. The molecule has 1 aromatic carbocycles. The number of aliphatic hydroxyl groups excluding tert-OH is 1. The fraction of sp³-hybridized carbons (Fsp3) is 0.579. The van der Waals surface area contributed by atoms with Crippen molar-refractivity contribution < 1.29 is 19.4 Å². The van der Waals surface area contributed by atoms with E-state index in [2.05, 4.69) is 4.90 Å². The second kappa shape index (κ2) is 8.51. The minimum Gasteiger partial charge on any atom is -0.484 e. The highest BCUT2D eigenvalue weighted by Gasteiger charge is 2.36. The maximum absolute atomic E-state index is 12.9. The number of likely N-dealkylation sites (tertiary alicyclic amines) is 2. The van der Waals surface area contributed by atoms with Gasteiger partial charge in [0.2, 0.25) is 0 Å². The first-order valence-electron chi connectivity index (χ1n) is 9.20. The Morgan fingerprint density at radius 2 is 1.92 bits per heavy atom. The van der Waals surface area contributed by atoms with Gasteiger partial charge in [0.15, 0.2) is 6.61 Å². The van der Waals surface area contributed by atoms with Crippen LogP contribution in [0.15, 0.2) is 24.3 Å². The quantitative estimate of drug-likeness (QED) is 0.729. The number of ether oxygens (including phenoxy) is 1. The number of rotatable bonds is 7. The van der Waals surface area contributed by atoms with E-state index in [1.165, 1.54) is 12.8 Å². The Labute approximate surface area is 153 Å². The number of carbonyl (C=O) groups excluding carboxylic acids is 2. The Hall–Kier alpha value is -2.12. The van der Waals surface area contributed by atoms with Crippen molar-refractivity contribution in [3.63, 3.8) is 0 Å². The van der Waals surface area contributed by atoms with Crippen LogP contribution in [-0.2, 0) is 4.79 Å². The molecular formula is C19H27N3O4. The molecule has 1 aromatic rings. The number of hydrogen-bond donors (Lipinski definition) is 2. The molecule has 2 atom stereocenters. The van der Waals surface area contributed by atoms with Gasteiger partial charge in [-0.1, -0.05) is 6.07 Å². The number of hydrogen-bond acceptors (Lipinski definition) is 5. The molecule has 26 heavy (non-hydrogen) atoms. The van der Waals surface area contributed by atoms with Crippen LogP contribution in [0.4, 0.5) is 0 Å². The largest absolute Gasteiger partial charge is 0.484 e. The van der Waals surface area contributed by atoms with E-state index in [1.54, 1.807) is 24.3 Å². The van der Waals surface area contributed by atoms with Crippen molar-refractivity contribution in [1.29, 1.82) is 0 Å². The highest BCUT2D eigenvalue weighted by atomic mass is 16.5. The molecule has 2 saturated heterocycles. The van der Waals surface area contributed by atoms with Crippen molar-refractivity contribution in [3.05, 3.63) is 29.8 Å². The SMILES string of the molecule is NC(=O)COc1cccc(C(=O)N2C[C@@H](CN3CCCC3)[C@@H](CO)C2)c1. The molecule has 3 rings (SSSR count). The van der Waals surface area contributed by atoms with E-state index < -0.39 is 5.91 Å². The molecule has 142 valence electrons. The maximum atomic E-state index is 12.9. The van der Waals surface area contributed by atoms with Gasteiger partial charge in [-0.25, -0.2) is 0 Å². The van der Waals surface area contributed by atoms with Crippen LogP contribution in [-0.4, -0.2) is 72.7 Å². The molecule has 0 unspecified atom stereocenters. The second-order valence-electron chi connectivity index (χ2n) is 7.20. The van der Waals surface area contributed by atoms with Crippen molar-refractivity contribution in [2.24, 2.45) is 17.6 Å². The minimum absolute atomic E-state index is 0.0723. The van der Waals surface area contributed by atoms with Gasteiger partial charge in [0, 0.05) is 37.7 Å². The Morgan fingerprint density at radius 3 is 2.62 bits per heavy atom. The van der Waals surface area contributed by atoms with Crippen LogP contribution in [0.1, 0.15) is 23.2 Å². The molecule has 2 aliphatic rings. The topological polar surface area (TPSA) is 96.1 Å². The molecule has 7 nitrogen and oxygen atoms in total. The third-order valence-electron chi connectivity index (χ3n) is 5.25. The van der Waals surface area contributed by atoms with E-state index >= 15 is 0 Å². The Balaban J connectivity index is 1.63. The molecule has 2 fully saturated rings. The van der Waals surface area contributed by atoms with Gasteiger partial charge in [0.1, 0.15) is 5.75 Å². The van der Waals surface area contributed by atoms with E-state index in [0.717, 1.165) is 19.6 Å². The zero-order valence-electron chi connectivity index (χ0n) is 15.0. The lowest BCUT2D eigenvalue weighted by atomic mass is 9.96. The highest BCUT2D eigenvalue weighted by molar-refractivity contribution is 5.94. The van der Waals surface area contributed by atoms with E-state index in [9.17, 15) is 14.7 Å². The summed E-state index contributed by atoms with van der Waals surface area (Å²) >= 11 is 0. The standard InChI is InChI=1S/C19H27N3O4/c20-18(24)13-26-17-5-3-4-14(8-17)19(25)22-10-15(16(11-22)12-23)9-21-6-1-2-7-21/h3-5,8,15-16,23H,1-2,6-7,9-13H2,(H2,20,24)/t15-,16-/m1/s1. The second-order valence-corrected chi connectivity index (χ2v) is 7.20. The molecule has 3 N–H and O–H groups in total. The van der Waals surface area contributed by atoms with E-state index in [-0.39, 0.29) is 25.0 Å². The van der Waals surface area contributed by atoms with Gasteiger partial charge < -0.3 is 25.4 Å². The lowest BCUT2D eigenvalue weighted by Gasteiger charge is -2.23. The van der Waals surface area contributed by atoms with Crippen molar-refractivity contribution in [1.82, 2.24) is 9.80 Å². The molecule has 2 amide bonds. The number of nitrogens with zero attached hydrogens (tertiary/aromatic N) is 2. The highest BCUT2D eigenvalue weighted by Crippen LogP contribution is 2.27. The van der Waals surface area contributed by atoms with Crippen molar-refractivity contribution in [3.8, 4) is 5.75 Å². The molecule has 2 heterocycles. The van der Waals surface area contributed by atoms with Gasteiger partial charge in [-0.05, 0) is 50.0 Å². The van der Waals surface area contributed by atoms with Gasteiger partial charge in [-0.15, -0.1) is 0 Å². The number of aliphatic hydroxyl groups is 1. The smallest absolute Gasteiger partial charge is 0.255 e. The molecule has 0 saturated carbocycles. The fourth-order valence-electron chi connectivity index (χ4n) is 3.87. The number of amides is 2. The molecule has 0 aliphatic carbocycles. The molecule has 0 radical (unpaired) electrons. The third kappa shape index (κ3) is 4.53. The maximum Gasteiger partial charge on any atom is 0.255 e. The summed E-state index contributed by atoms with van der Waals surface area (Å²) in [5.74, 6) is 0.236. The van der Waals surface area contributed by atoms with Crippen molar-refractivity contribution in [2.45, 2.75) is 12.8 Å². The Kier molecular flexibility index (Phi) is 6.11. The van der Waals surface area contributed by atoms with Crippen molar-refractivity contribution in [2.75, 3.05) is 45.9 Å². The summed E-state index contributed by atoms with van der Waals surface area (Å²) in [5, 5.41) is 9.73. The van der Waals surface area contributed by atoms with Gasteiger partial charge in [-0.3, -0.25) is 9.59 Å². The molecule has 7 heteroatoms. The van der Waals surface area contributed by atoms with Crippen LogP contribution in [0.5, 0.6) is 5.75 Å². The summed E-state index contributed by atoms with van der Waals surface area (Å²) in [7, 11) is 0. The summed E-state index contributed by atoms with van der Waals surface area (Å²) in [4.78, 5) is 28.0.